The Morgan fingerprint density at radius 3 is 2.38 bits per heavy atom. The van der Waals surface area contributed by atoms with Gasteiger partial charge in [-0.1, -0.05) is 30.3 Å². The Labute approximate surface area is 134 Å². The van der Waals surface area contributed by atoms with E-state index in [0.717, 1.165) is 12.3 Å². The van der Waals surface area contributed by atoms with Gasteiger partial charge >= 0.3 is 6.18 Å². The van der Waals surface area contributed by atoms with Crippen LogP contribution in [0.25, 0.3) is 10.9 Å². The predicted octanol–water partition coefficient (Wildman–Crippen LogP) is 3.36. The summed E-state index contributed by atoms with van der Waals surface area (Å²) in [4.78, 5) is 15.0. The van der Waals surface area contributed by atoms with Gasteiger partial charge in [0.25, 0.3) is 0 Å². The maximum absolute atomic E-state index is 13.1. The summed E-state index contributed by atoms with van der Waals surface area (Å²) in [6, 6.07) is 12.0. The number of carboxylic acids is 1. The minimum absolute atomic E-state index is 0.0114. The lowest BCUT2D eigenvalue weighted by molar-refractivity contribution is -0.254. The molecule has 3 aromatic rings. The number of halogens is 3. The molecule has 0 saturated carbocycles. The van der Waals surface area contributed by atoms with Gasteiger partial charge in [-0.3, -0.25) is 4.98 Å². The summed E-state index contributed by atoms with van der Waals surface area (Å²) in [5.74, 6) is -1.53. The Kier molecular flexibility index (Phi) is 3.84. The number of carbonyl (C=O) groups excluding carboxylic acids is 1. The second-order valence-electron chi connectivity index (χ2n) is 5.02. The number of hydrogen-bond acceptors (Lipinski definition) is 4. The molecule has 2 aromatic carbocycles. The van der Waals surface area contributed by atoms with Crippen LogP contribution in [0.1, 0.15) is 15.9 Å². The number of rotatable bonds is 3. The molecule has 1 heterocycles. The predicted molar refractivity (Wildman–Crippen MR) is 80.8 cm³/mol. The minimum atomic E-state index is -4.60. The lowest BCUT2D eigenvalue weighted by atomic mass is 10.0. The molecule has 24 heavy (non-hydrogen) atoms. The highest BCUT2D eigenvalue weighted by molar-refractivity contribution is 6.05. The van der Waals surface area contributed by atoms with Gasteiger partial charge in [-0.2, -0.15) is 13.2 Å². The van der Waals surface area contributed by atoms with Crippen molar-refractivity contribution in [2.24, 2.45) is 0 Å². The molecule has 0 bridgehead atoms. The van der Waals surface area contributed by atoms with Crippen molar-refractivity contribution < 1.29 is 23.1 Å². The molecule has 3 rings (SSSR count). The molecular formula is C17H10F3N2O2-. The fourth-order valence-electron chi connectivity index (χ4n) is 2.41. The van der Waals surface area contributed by atoms with Crippen LogP contribution in [0.2, 0.25) is 0 Å². The lowest BCUT2D eigenvalue weighted by Gasteiger charge is -2.17. The van der Waals surface area contributed by atoms with Crippen LogP contribution in [0.4, 0.5) is 24.5 Å². The SMILES string of the molecule is O=C([O-])c1cnc2c(C(F)(F)F)cccc2c1Nc1ccccc1. The van der Waals surface area contributed by atoms with Crippen molar-refractivity contribution in [3.8, 4) is 0 Å². The first-order chi connectivity index (χ1) is 11.4. The van der Waals surface area contributed by atoms with E-state index in [1.807, 2.05) is 0 Å². The molecule has 0 unspecified atom stereocenters. The van der Waals surface area contributed by atoms with Crippen molar-refractivity contribution >= 4 is 28.2 Å². The monoisotopic (exact) mass is 331 g/mol. The molecule has 1 aromatic heterocycles. The molecule has 122 valence electrons. The largest absolute Gasteiger partial charge is 0.545 e. The maximum atomic E-state index is 13.1. The molecule has 7 heteroatoms. The first kappa shape index (κ1) is 15.8. The van der Waals surface area contributed by atoms with Crippen molar-refractivity contribution in [1.82, 2.24) is 4.98 Å². The zero-order valence-electron chi connectivity index (χ0n) is 12.1. The molecule has 0 amide bonds. The van der Waals surface area contributed by atoms with Crippen LogP contribution >= 0.6 is 0 Å². The van der Waals surface area contributed by atoms with E-state index in [1.54, 1.807) is 30.3 Å². The summed E-state index contributed by atoms with van der Waals surface area (Å²) in [7, 11) is 0. The van der Waals surface area contributed by atoms with E-state index in [2.05, 4.69) is 10.3 Å². The first-order valence-corrected chi connectivity index (χ1v) is 6.90. The summed E-state index contributed by atoms with van der Waals surface area (Å²) in [6.07, 6.45) is -3.72. The van der Waals surface area contributed by atoms with Gasteiger partial charge in [0.2, 0.25) is 0 Å². The van der Waals surface area contributed by atoms with Crippen molar-refractivity contribution in [3.63, 3.8) is 0 Å². The quantitative estimate of drug-likeness (QED) is 0.799. The van der Waals surface area contributed by atoms with E-state index in [1.165, 1.54) is 12.1 Å². The van der Waals surface area contributed by atoms with E-state index in [-0.39, 0.29) is 22.2 Å². The third-order valence-electron chi connectivity index (χ3n) is 3.47. The molecule has 0 aliphatic rings. The Morgan fingerprint density at radius 2 is 1.75 bits per heavy atom. The van der Waals surface area contributed by atoms with Crippen molar-refractivity contribution in [3.05, 3.63) is 65.9 Å². The van der Waals surface area contributed by atoms with Crippen molar-refractivity contribution in [1.29, 1.82) is 0 Å². The number of alkyl halides is 3. The number of fused-ring (bicyclic) bond motifs is 1. The zero-order chi connectivity index (χ0) is 17.3. The number of hydrogen-bond donors (Lipinski definition) is 1. The normalized spacial score (nSPS) is 11.5. The number of nitrogens with one attached hydrogen (secondary N) is 1. The molecule has 4 nitrogen and oxygen atoms in total. The number of aromatic carboxylic acids is 1. The lowest BCUT2D eigenvalue weighted by Crippen LogP contribution is -2.24. The summed E-state index contributed by atoms with van der Waals surface area (Å²) in [5, 5.41) is 14.2. The summed E-state index contributed by atoms with van der Waals surface area (Å²) < 4.78 is 39.4. The van der Waals surface area contributed by atoms with Gasteiger partial charge in [0.15, 0.2) is 0 Å². The number of pyridine rings is 1. The highest BCUT2D eigenvalue weighted by Crippen LogP contribution is 2.37. The molecule has 0 spiro atoms. The first-order valence-electron chi connectivity index (χ1n) is 6.90. The van der Waals surface area contributed by atoms with Gasteiger partial charge in [0, 0.05) is 22.8 Å². The van der Waals surface area contributed by atoms with Gasteiger partial charge in [-0.15, -0.1) is 0 Å². The van der Waals surface area contributed by atoms with Gasteiger partial charge in [-0.25, -0.2) is 0 Å². The van der Waals surface area contributed by atoms with Crippen LogP contribution < -0.4 is 10.4 Å². The Bertz CT molecular complexity index is 909. The van der Waals surface area contributed by atoms with E-state index < -0.39 is 17.7 Å². The molecule has 0 atom stereocenters. The van der Waals surface area contributed by atoms with Crippen LogP contribution in [-0.4, -0.2) is 11.0 Å². The maximum Gasteiger partial charge on any atom is 0.418 e. The van der Waals surface area contributed by atoms with Crippen LogP contribution in [0.5, 0.6) is 0 Å². The Morgan fingerprint density at radius 1 is 1.04 bits per heavy atom. The highest BCUT2D eigenvalue weighted by Gasteiger charge is 2.33. The van der Waals surface area contributed by atoms with Crippen LogP contribution in [0, 0.1) is 0 Å². The fraction of sp³-hybridized carbons (Fsp3) is 0.0588. The molecule has 0 radical (unpaired) electrons. The van der Waals surface area contributed by atoms with E-state index in [9.17, 15) is 23.1 Å². The third kappa shape index (κ3) is 2.88. The van der Waals surface area contributed by atoms with Crippen LogP contribution in [-0.2, 0) is 6.18 Å². The summed E-state index contributed by atoms with van der Waals surface area (Å²) in [6.45, 7) is 0. The Balaban J connectivity index is 2.27. The van der Waals surface area contributed by atoms with Gasteiger partial charge < -0.3 is 15.2 Å². The molecule has 1 N–H and O–H groups in total. The molecular weight excluding hydrogens is 321 g/mol. The summed E-state index contributed by atoms with van der Waals surface area (Å²) in [5.41, 5.74) is -1.03. The minimum Gasteiger partial charge on any atom is -0.545 e. The second kappa shape index (κ2) is 5.84. The van der Waals surface area contributed by atoms with E-state index in [0.29, 0.717) is 5.69 Å². The van der Waals surface area contributed by atoms with E-state index >= 15 is 0 Å². The van der Waals surface area contributed by atoms with Crippen molar-refractivity contribution in [2.75, 3.05) is 5.32 Å². The number of para-hydroxylation sites is 2. The average molecular weight is 331 g/mol. The molecule has 0 aliphatic carbocycles. The third-order valence-corrected chi connectivity index (χ3v) is 3.47. The number of benzene rings is 2. The van der Waals surface area contributed by atoms with Gasteiger partial charge in [0.05, 0.1) is 22.7 Å². The second-order valence-corrected chi connectivity index (χ2v) is 5.02. The van der Waals surface area contributed by atoms with Crippen LogP contribution in [0.3, 0.4) is 0 Å². The van der Waals surface area contributed by atoms with Gasteiger partial charge in [-0.05, 0) is 18.2 Å². The smallest absolute Gasteiger partial charge is 0.418 e. The standard InChI is InChI=1S/C17H11F3N2O2/c18-17(19,20)13-8-4-7-11-14(22-10-5-2-1-3-6-10)12(16(23)24)9-21-15(11)13/h1-9H,(H,21,22)(H,23,24)/p-1. The van der Waals surface area contributed by atoms with Crippen molar-refractivity contribution in [2.45, 2.75) is 6.18 Å². The number of aromatic nitrogens is 1. The van der Waals surface area contributed by atoms with Crippen LogP contribution in [0.15, 0.2) is 54.7 Å². The zero-order valence-corrected chi connectivity index (χ0v) is 12.1. The average Bonchev–Trinajstić information content (AvgIpc) is 2.54. The number of carbonyl (C=O) groups is 1. The number of anilines is 2. The molecule has 0 fully saturated rings. The molecule has 0 saturated heterocycles. The topological polar surface area (TPSA) is 65.0 Å². The number of nitrogens with zero attached hydrogens (tertiary/aromatic N) is 1. The highest BCUT2D eigenvalue weighted by atomic mass is 19.4. The van der Waals surface area contributed by atoms with Gasteiger partial charge in [0.1, 0.15) is 0 Å². The molecule has 0 aliphatic heterocycles. The van der Waals surface area contributed by atoms with E-state index in [4.69, 9.17) is 0 Å². The fourth-order valence-corrected chi connectivity index (χ4v) is 2.41. The summed E-state index contributed by atoms with van der Waals surface area (Å²) >= 11 is 0. The Hall–Kier alpha value is -3.09. The number of carboxylic acid groups (broad SMARTS) is 1.